The molecule has 0 heterocycles. The molecule has 0 aliphatic carbocycles. The van der Waals surface area contributed by atoms with Crippen LogP contribution in [0, 0.1) is 0 Å². The second kappa shape index (κ2) is 6.88. The number of ether oxygens (including phenoxy) is 2. The van der Waals surface area contributed by atoms with Crippen molar-refractivity contribution in [2.24, 2.45) is 0 Å². The molecule has 0 aromatic heterocycles. The van der Waals surface area contributed by atoms with Crippen LogP contribution in [0.2, 0.25) is 10.0 Å². The molecule has 0 saturated heterocycles. The number of hydrogen-bond donors (Lipinski definition) is 1. The molecule has 0 fully saturated rings. The summed E-state index contributed by atoms with van der Waals surface area (Å²) in [6, 6.07) is 8.72. The van der Waals surface area contributed by atoms with Crippen LogP contribution in [0.5, 0.6) is 11.5 Å². The highest BCUT2D eigenvalue weighted by Crippen LogP contribution is 2.42. The Kier molecular flexibility index (Phi) is 5.38. The maximum absolute atomic E-state index is 10.6. The predicted molar refractivity (Wildman–Crippen MR) is 87.8 cm³/mol. The van der Waals surface area contributed by atoms with Crippen molar-refractivity contribution in [1.82, 2.24) is 0 Å². The van der Waals surface area contributed by atoms with Gasteiger partial charge in [-0.05, 0) is 34.1 Å². The zero-order valence-electron chi connectivity index (χ0n) is 11.4. The quantitative estimate of drug-likeness (QED) is 0.809. The average Bonchev–Trinajstić information content (AvgIpc) is 2.49. The van der Waals surface area contributed by atoms with E-state index in [-0.39, 0.29) is 0 Å². The Morgan fingerprint density at radius 3 is 2.33 bits per heavy atom. The van der Waals surface area contributed by atoms with Gasteiger partial charge in [0.1, 0.15) is 22.6 Å². The summed E-state index contributed by atoms with van der Waals surface area (Å²) >= 11 is 15.8. The minimum atomic E-state index is -0.964. The molecule has 1 unspecified atom stereocenters. The monoisotopic (exact) mass is 390 g/mol. The fourth-order valence-corrected chi connectivity index (χ4v) is 2.97. The van der Waals surface area contributed by atoms with Crippen LogP contribution >= 0.6 is 39.1 Å². The van der Waals surface area contributed by atoms with Crippen LogP contribution in [0.4, 0.5) is 0 Å². The zero-order chi connectivity index (χ0) is 15.6. The second-order valence-corrected chi connectivity index (χ2v) is 5.86. The van der Waals surface area contributed by atoms with Crippen molar-refractivity contribution >= 4 is 39.1 Å². The van der Waals surface area contributed by atoms with Crippen LogP contribution in [-0.2, 0) is 0 Å². The lowest BCUT2D eigenvalue weighted by Gasteiger charge is -2.19. The molecule has 21 heavy (non-hydrogen) atoms. The van der Waals surface area contributed by atoms with Crippen LogP contribution in [-0.4, -0.2) is 19.3 Å². The highest BCUT2D eigenvalue weighted by molar-refractivity contribution is 9.10. The molecule has 0 radical (unpaired) electrons. The largest absolute Gasteiger partial charge is 0.495 e. The van der Waals surface area contributed by atoms with Crippen LogP contribution in [0.25, 0.3) is 0 Å². The van der Waals surface area contributed by atoms with E-state index in [1.165, 1.54) is 14.2 Å². The number of benzene rings is 2. The molecule has 0 saturated carbocycles. The Hall–Kier alpha value is -0.940. The fraction of sp³-hybridized carbons (Fsp3) is 0.200. The summed E-state index contributed by atoms with van der Waals surface area (Å²) in [5, 5.41) is 11.4. The summed E-state index contributed by atoms with van der Waals surface area (Å²) in [7, 11) is 3.00. The van der Waals surface area contributed by atoms with Gasteiger partial charge >= 0.3 is 0 Å². The molecular formula is C15H13BrCl2O3. The van der Waals surface area contributed by atoms with Gasteiger partial charge in [-0.2, -0.15) is 0 Å². The van der Waals surface area contributed by atoms with E-state index in [4.69, 9.17) is 32.7 Å². The van der Waals surface area contributed by atoms with Crippen LogP contribution in [0.1, 0.15) is 17.2 Å². The van der Waals surface area contributed by atoms with Crippen molar-refractivity contribution in [2.45, 2.75) is 6.10 Å². The van der Waals surface area contributed by atoms with Crippen molar-refractivity contribution in [3.05, 3.63) is 56.0 Å². The summed E-state index contributed by atoms with van der Waals surface area (Å²) in [6.07, 6.45) is -0.964. The van der Waals surface area contributed by atoms with Crippen molar-refractivity contribution in [3.8, 4) is 11.5 Å². The Balaban J connectivity index is 2.56. The molecule has 6 heteroatoms. The molecule has 0 spiro atoms. The van der Waals surface area contributed by atoms with E-state index in [1.54, 1.807) is 30.3 Å². The van der Waals surface area contributed by atoms with Gasteiger partial charge in [0.05, 0.1) is 19.2 Å². The third-order valence-corrected chi connectivity index (χ3v) is 4.76. The van der Waals surface area contributed by atoms with Crippen LogP contribution in [0.15, 0.2) is 34.8 Å². The van der Waals surface area contributed by atoms with Crippen molar-refractivity contribution < 1.29 is 14.6 Å². The first kappa shape index (κ1) is 16.4. The Bertz CT molecular complexity index is 662. The Morgan fingerprint density at radius 1 is 1.00 bits per heavy atom. The maximum atomic E-state index is 10.6. The highest BCUT2D eigenvalue weighted by atomic mass is 79.9. The van der Waals surface area contributed by atoms with Gasteiger partial charge < -0.3 is 14.6 Å². The Morgan fingerprint density at radius 2 is 1.71 bits per heavy atom. The van der Waals surface area contributed by atoms with Gasteiger partial charge in [-0.1, -0.05) is 35.3 Å². The van der Waals surface area contributed by atoms with E-state index >= 15 is 0 Å². The van der Waals surface area contributed by atoms with Gasteiger partial charge in [0.15, 0.2) is 0 Å². The van der Waals surface area contributed by atoms with E-state index in [9.17, 15) is 5.11 Å². The summed E-state index contributed by atoms with van der Waals surface area (Å²) in [5.74, 6) is 0.837. The topological polar surface area (TPSA) is 38.7 Å². The van der Waals surface area contributed by atoms with Gasteiger partial charge in [0.25, 0.3) is 0 Å². The van der Waals surface area contributed by atoms with Gasteiger partial charge in [-0.15, -0.1) is 0 Å². The van der Waals surface area contributed by atoms with Crippen LogP contribution < -0.4 is 9.47 Å². The molecule has 0 aliphatic heterocycles. The SMILES string of the molecule is COc1ccc(C(O)c2cccc(Br)c2Cl)c(OC)c1Cl. The molecule has 0 amide bonds. The lowest BCUT2D eigenvalue weighted by molar-refractivity contribution is 0.214. The van der Waals surface area contributed by atoms with E-state index in [2.05, 4.69) is 15.9 Å². The molecule has 1 atom stereocenters. The first-order valence-electron chi connectivity index (χ1n) is 6.03. The molecule has 2 rings (SSSR count). The Labute approximate surface area is 141 Å². The molecule has 3 nitrogen and oxygen atoms in total. The lowest BCUT2D eigenvalue weighted by atomic mass is 10.0. The fourth-order valence-electron chi connectivity index (χ4n) is 2.03. The van der Waals surface area contributed by atoms with Gasteiger partial charge in [0, 0.05) is 15.6 Å². The van der Waals surface area contributed by atoms with Crippen LogP contribution in [0.3, 0.4) is 0 Å². The number of aliphatic hydroxyl groups excluding tert-OH is 1. The second-order valence-electron chi connectivity index (χ2n) is 4.25. The molecule has 0 aliphatic rings. The third kappa shape index (κ3) is 3.14. The molecule has 2 aromatic carbocycles. The minimum Gasteiger partial charge on any atom is -0.495 e. The van der Waals surface area contributed by atoms with Crippen molar-refractivity contribution in [2.75, 3.05) is 14.2 Å². The van der Waals surface area contributed by atoms with E-state index in [0.717, 1.165) is 0 Å². The number of rotatable bonds is 4. The summed E-state index contributed by atoms with van der Waals surface area (Å²) in [4.78, 5) is 0. The predicted octanol–water partition coefficient (Wildman–Crippen LogP) is 4.85. The molecular weight excluding hydrogens is 379 g/mol. The zero-order valence-corrected chi connectivity index (χ0v) is 14.5. The summed E-state index contributed by atoms with van der Waals surface area (Å²) in [5.41, 5.74) is 1.08. The van der Waals surface area contributed by atoms with E-state index in [1.807, 2.05) is 0 Å². The van der Waals surface area contributed by atoms with E-state index < -0.39 is 6.10 Å². The van der Waals surface area contributed by atoms with Crippen molar-refractivity contribution in [3.63, 3.8) is 0 Å². The highest BCUT2D eigenvalue weighted by Gasteiger charge is 2.22. The minimum absolute atomic E-state index is 0.308. The summed E-state index contributed by atoms with van der Waals surface area (Å²) in [6.45, 7) is 0. The first-order valence-corrected chi connectivity index (χ1v) is 7.58. The van der Waals surface area contributed by atoms with Gasteiger partial charge in [-0.25, -0.2) is 0 Å². The normalized spacial score (nSPS) is 12.1. The van der Waals surface area contributed by atoms with Gasteiger partial charge in [0.2, 0.25) is 0 Å². The van der Waals surface area contributed by atoms with Gasteiger partial charge in [-0.3, -0.25) is 0 Å². The molecule has 0 bridgehead atoms. The number of hydrogen-bond acceptors (Lipinski definition) is 3. The molecule has 2 aromatic rings. The summed E-state index contributed by atoms with van der Waals surface area (Å²) < 4.78 is 11.2. The molecule has 112 valence electrons. The number of halogens is 3. The number of methoxy groups -OCH3 is 2. The molecule has 1 N–H and O–H groups in total. The van der Waals surface area contributed by atoms with E-state index in [0.29, 0.717) is 37.1 Å². The average molecular weight is 392 g/mol. The van der Waals surface area contributed by atoms with Crippen molar-refractivity contribution in [1.29, 1.82) is 0 Å². The smallest absolute Gasteiger partial charge is 0.147 e. The third-order valence-electron chi connectivity index (χ3n) is 3.09. The standard InChI is InChI=1S/C15H13BrCl2O3/c1-20-11-7-6-9(15(21-2)13(11)18)14(19)8-4-3-5-10(16)12(8)17/h3-7,14,19H,1-2H3. The number of aliphatic hydroxyl groups is 1. The lowest BCUT2D eigenvalue weighted by Crippen LogP contribution is -2.04. The first-order chi connectivity index (χ1) is 10.0. The maximum Gasteiger partial charge on any atom is 0.147 e.